The summed E-state index contributed by atoms with van der Waals surface area (Å²) in [6.45, 7) is 6.43. The molecule has 0 fully saturated rings. The van der Waals surface area contributed by atoms with Crippen LogP contribution in [-0.2, 0) is 28.6 Å². The summed E-state index contributed by atoms with van der Waals surface area (Å²) < 4.78 is 16.8. The van der Waals surface area contributed by atoms with Crippen molar-refractivity contribution in [2.75, 3.05) is 13.2 Å². The number of ether oxygens (including phenoxy) is 3. The standard InChI is InChI=1S/C60H100O6/c1-4-7-10-13-16-19-22-25-28-29-30-31-33-35-38-41-44-47-50-53-59(62)65-56-57(55-64-58(61)52-49-46-43-40-37-34-27-24-21-18-15-12-9-6-3)66-60(63)54-51-48-45-42-39-36-32-26-23-20-17-14-11-8-5-2/h8,11,16-17,19-20,24-28,30-32,39,42,57H,4-7,9-10,12-15,18,21-23,29,33-38,40-41,43-56H2,1-3H3/b11-8-,19-16-,20-17-,27-24-,28-25-,31-30-,32-26-,42-39-. The van der Waals surface area contributed by atoms with E-state index in [9.17, 15) is 14.4 Å². The molecule has 0 saturated heterocycles. The first-order valence-electron chi connectivity index (χ1n) is 27.2. The molecule has 6 nitrogen and oxygen atoms in total. The molecule has 6 heteroatoms. The molecule has 1 atom stereocenters. The van der Waals surface area contributed by atoms with Gasteiger partial charge < -0.3 is 14.2 Å². The molecule has 0 heterocycles. The summed E-state index contributed by atoms with van der Waals surface area (Å²) in [6.07, 6.45) is 71.0. The van der Waals surface area contributed by atoms with Crippen LogP contribution in [0.2, 0.25) is 0 Å². The maximum atomic E-state index is 12.8. The second-order valence-electron chi connectivity index (χ2n) is 17.7. The predicted molar refractivity (Wildman–Crippen MR) is 284 cm³/mol. The first kappa shape index (κ1) is 62.3. The van der Waals surface area contributed by atoms with Crippen molar-refractivity contribution in [1.82, 2.24) is 0 Å². The van der Waals surface area contributed by atoms with Crippen LogP contribution < -0.4 is 0 Å². The van der Waals surface area contributed by atoms with Crippen molar-refractivity contribution in [2.45, 2.75) is 252 Å². The molecule has 0 bridgehead atoms. The van der Waals surface area contributed by atoms with E-state index in [0.717, 1.165) is 116 Å². The van der Waals surface area contributed by atoms with Gasteiger partial charge in [0.05, 0.1) is 0 Å². The number of rotatable bonds is 48. The zero-order valence-corrected chi connectivity index (χ0v) is 42.9. The molecule has 0 aromatic carbocycles. The molecule has 0 aromatic rings. The maximum Gasteiger partial charge on any atom is 0.306 e. The summed E-state index contributed by atoms with van der Waals surface area (Å²) in [7, 11) is 0. The van der Waals surface area contributed by atoms with Crippen LogP contribution in [0.1, 0.15) is 245 Å². The Kier molecular flexibility index (Phi) is 50.9. The van der Waals surface area contributed by atoms with Crippen LogP contribution in [0.25, 0.3) is 0 Å². The van der Waals surface area contributed by atoms with Crippen molar-refractivity contribution < 1.29 is 28.6 Å². The van der Waals surface area contributed by atoms with Crippen molar-refractivity contribution in [3.05, 3.63) is 97.2 Å². The van der Waals surface area contributed by atoms with Gasteiger partial charge in [0.25, 0.3) is 0 Å². The van der Waals surface area contributed by atoms with E-state index in [1.165, 1.54) is 83.5 Å². The van der Waals surface area contributed by atoms with Crippen LogP contribution in [0.15, 0.2) is 97.2 Å². The van der Waals surface area contributed by atoms with Crippen LogP contribution in [0.4, 0.5) is 0 Å². The molecule has 0 aromatic heterocycles. The van der Waals surface area contributed by atoms with Gasteiger partial charge in [0.1, 0.15) is 13.2 Å². The van der Waals surface area contributed by atoms with E-state index in [-0.39, 0.29) is 37.5 Å². The third-order valence-electron chi connectivity index (χ3n) is 11.3. The van der Waals surface area contributed by atoms with E-state index < -0.39 is 6.10 Å². The second kappa shape index (κ2) is 53.9. The highest BCUT2D eigenvalue weighted by Gasteiger charge is 2.19. The van der Waals surface area contributed by atoms with E-state index >= 15 is 0 Å². The number of unbranched alkanes of at least 4 members (excludes halogenated alkanes) is 21. The summed E-state index contributed by atoms with van der Waals surface area (Å²) in [5.74, 6) is -0.967. The molecule has 0 spiro atoms. The molecule has 0 rings (SSSR count). The Bertz CT molecular complexity index is 1330. The van der Waals surface area contributed by atoms with Gasteiger partial charge in [-0.15, -0.1) is 0 Å². The summed E-state index contributed by atoms with van der Waals surface area (Å²) in [5, 5.41) is 0. The Morgan fingerprint density at radius 2 is 0.591 bits per heavy atom. The van der Waals surface area contributed by atoms with E-state index in [2.05, 4.69) is 118 Å². The molecule has 0 aliphatic heterocycles. The Balaban J connectivity index is 4.48. The number of carbonyl (C=O) groups is 3. The highest BCUT2D eigenvalue weighted by molar-refractivity contribution is 5.71. The number of hydrogen-bond donors (Lipinski definition) is 0. The van der Waals surface area contributed by atoms with Gasteiger partial charge in [-0.3, -0.25) is 14.4 Å². The normalized spacial score (nSPS) is 12.8. The fourth-order valence-electron chi connectivity index (χ4n) is 7.20. The molecule has 376 valence electrons. The molecule has 66 heavy (non-hydrogen) atoms. The van der Waals surface area contributed by atoms with Gasteiger partial charge in [-0.05, 0) is 122 Å². The first-order chi connectivity index (χ1) is 32.5. The first-order valence-corrected chi connectivity index (χ1v) is 27.2. The topological polar surface area (TPSA) is 78.9 Å². The van der Waals surface area contributed by atoms with Crippen LogP contribution in [0.3, 0.4) is 0 Å². The minimum Gasteiger partial charge on any atom is -0.462 e. The van der Waals surface area contributed by atoms with Crippen molar-refractivity contribution in [1.29, 1.82) is 0 Å². The average Bonchev–Trinajstić information content (AvgIpc) is 3.31. The zero-order chi connectivity index (χ0) is 47.9. The zero-order valence-electron chi connectivity index (χ0n) is 42.9. The van der Waals surface area contributed by atoms with Gasteiger partial charge in [0.15, 0.2) is 6.10 Å². The van der Waals surface area contributed by atoms with E-state index in [0.29, 0.717) is 19.3 Å². The molecule has 1 unspecified atom stereocenters. The quantitative estimate of drug-likeness (QED) is 0.0262. The molecule has 0 aliphatic carbocycles. The van der Waals surface area contributed by atoms with Crippen LogP contribution in [0, 0.1) is 0 Å². The summed E-state index contributed by atoms with van der Waals surface area (Å²) in [6, 6.07) is 0. The van der Waals surface area contributed by atoms with Crippen LogP contribution in [-0.4, -0.2) is 37.2 Å². The Morgan fingerprint density at radius 3 is 1.00 bits per heavy atom. The van der Waals surface area contributed by atoms with Gasteiger partial charge in [-0.2, -0.15) is 0 Å². The van der Waals surface area contributed by atoms with Gasteiger partial charge in [-0.25, -0.2) is 0 Å². The van der Waals surface area contributed by atoms with Crippen molar-refractivity contribution in [3.8, 4) is 0 Å². The van der Waals surface area contributed by atoms with Crippen molar-refractivity contribution >= 4 is 17.9 Å². The largest absolute Gasteiger partial charge is 0.462 e. The minimum atomic E-state index is -0.809. The van der Waals surface area contributed by atoms with Crippen molar-refractivity contribution in [2.24, 2.45) is 0 Å². The van der Waals surface area contributed by atoms with E-state index in [1.54, 1.807) is 0 Å². The smallest absolute Gasteiger partial charge is 0.306 e. The van der Waals surface area contributed by atoms with E-state index in [4.69, 9.17) is 14.2 Å². The molecule has 0 aliphatic rings. The van der Waals surface area contributed by atoms with Crippen LogP contribution >= 0.6 is 0 Å². The maximum absolute atomic E-state index is 12.8. The molecule has 0 radical (unpaired) electrons. The van der Waals surface area contributed by atoms with Gasteiger partial charge in [0.2, 0.25) is 0 Å². The number of hydrogen-bond acceptors (Lipinski definition) is 6. The molecule has 0 N–H and O–H groups in total. The highest BCUT2D eigenvalue weighted by Crippen LogP contribution is 2.13. The third-order valence-corrected chi connectivity index (χ3v) is 11.3. The molecular weight excluding hydrogens is 817 g/mol. The van der Waals surface area contributed by atoms with Crippen molar-refractivity contribution in [3.63, 3.8) is 0 Å². The summed E-state index contributed by atoms with van der Waals surface area (Å²) in [5.41, 5.74) is 0. The fraction of sp³-hybridized carbons (Fsp3) is 0.683. The molecule has 0 amide bonds. The highest BCUT2D eigenvalue weighted by atomic mass is 16.6. The summed E-state index contributed by atoms with van der Waals surface area (Å²) in [4.78, 5) is 38.1. The minimum absolute atomic E-state index is 0.104. The number of allylic oxidation sites excluding steroid dienone is 16. The lowest BCUT2D eigenvalue weighted by Gasteiger charge is -2.18. The number of carbonyl (C=O) groups excluding carboxylic acids is 3. The Labute approximate surface area is 407 Å². The lowest BCUT2D eigenvalue weighted by Crippen LogP contribution is -2.30. The fourth-order valence-corrected chi connectivity index (χ4v) is 7.20. The van der Waals surface area contributed by atoms with Gasteiger partial charge >= 0.3 is 17.9 Å². The summed E-state index contributed by atoms with van der Waals surface area (Å²) >= 11 is 0. The van der Waals surface area contributed by atoms with Gasteiger partial charge in [-0.1, -0.05) is 201 Å². The van der Waals surface area contributed by atoms with E-state index in [1.807, 2.05) is 0 Å². The van der Waals surface area contributed by atoms with Gasteiger partial charge in [0, 0.05) is 19.3 Å². The Hall–Kier alpha value is -3.67. The van der Waals surface area contributed by atoms with Crippen LogP contribution in [0.5, 0.6) is 0 Å². The lowest BCUT2D eigenvalue weighted by molar-refractivity contribution is -0.167. The monoisotopic (exact) mass is 917 g/mol. The Morgan fingerprint density at radius 1 is 0.318 bits per heavy atom. The average molecular weight is 917 g/mol. The molecule has 0 saturated carbocycles. The molecular formula is C60H100O6. The predicted octanol–water partition coefficient (Wildman–Crippen LogP) is 18.1. The number of esters is 3. The third kappa shape index (κ3) is 51.3. The SMILES string of the molecule is CC/C=C\C/C=C\C/C=C\C/C=C\CCCCC(=O)OC(COC(=O)CCCCCCC/C=C\CCCCCCC)COC(=O)CCCCCCCC/C=C\C/C=C\C/C=C\CCCCC. The lowest BCUT2D eigenvalue weighted by atomic mass is 10.1. The second-order valence-corrected chi connectivity index (χ2v) is 17.7.